The molecule has 41 heavy (non-hydrogen) atoms. The molecule has 0 spiro atoms. The number of hydrogen-bond donors (Lipinski definition) is 1. The summed E-state index contributed by atoms with van der Waals surface area (Å²) in [5.74, 6) is -0.381. The summed E-state index contributed by atoms with van der Waals surface area (Å²) in [6.45, 7) is 4.71. The van der Waals surface area contributed by atoms with Crippen molar-refractivity contribution in [2.24, 2.45) is 0 Å². The number of nitrogens with one attached hydrogen (secondary N) is 1. The first kappa shape index (κ1) is 27.7. The minimum absolute atomic E-state index is 0.171. The molecule has 0 saturated carbocycles. The van der Waals surface area contributed by atoms with Crippen molar-refractivity contribution in [2.75, 3.05) is 4.90 Å². The van der Waals surface area contributed by atoms with Gasteiger partial charge in [-0.05, 0) is 73.5 Å². The summed E-state index contributed by atoms with van der Waals surface area (Å²) in [6, 6.07) is 26.3. The summed E-state index contributed by atoms with van der Waals surface area (Å²) >= 11 is 6.18. The molecule has 4 aromatic carbocycles. The van der Waals surface area contributed by atoms with Crippen molar-refractivity contribution in [3.05, 3.63) is 129 Å². The number of amides is 4. The Morgan fingerprint density at radius 3 is 2.22 bits per heavy atom. The average Bonchev–Trinajstić information content (AvgIpc) is 2.94. The molecule has 8 heteroatoms. The van der Waals surface area contributed by atoms with E-state index in [1.807, 2.05) is 32.0 Å². The monoisotopic (exact) mass is 566 g/mol. The molecule has 0 atom stereocenters. The lowest BCUT2D eigenvalue weighted by atomic mass is 10.1. The Balaban J connectivity index is 1.30. The summed E-state index contributed by atoms with van der Waals surface area (Å²) in [5, 5.41) is 2.85. The van der Waals surface area contributed by atoms with Gasteiger partial charge in [0.25, 0.3) is 11.8 Å². The maximum Gasteiger partial charge on any atom is 0.335 e. The number of rotatable bonds is 8. The number of halogens is 1. The summed E-state index contributed by atoms with van der Waals surface area (Å²) in [7, 11) is 0. The van der Waals surface area contributed by atoms with Crippen molar-refractivity contribution in [3.8, 4) is 11.5 Å². The summed E-state index contributed by atoms with van der Waals surface area (Å²) in [5.41, 5.74) is 4.89. The zero-order chi connectivity index (χ0) is 28.9. The second-order valence-corrected chi connectivity index (χ2v) is 10.1. The van der Waals surface area contributed by atoms with Gasteiger partial charge in [-0.2, -0.15) is 0 Å². The number of benzene rings is 4. The Bertz CT molecular complexity index is 1640. The molecule has 0 bridgehead atoms. The first-order chi connectivity index (χ1) is 19.8. The highest BCUT2D eigenvalue weighted by Crippen LogP contribution is 2.26. The van der Waals surface area contributed by atoms with Crippen LogP contribution < -0.4 is 19.7 Å². The van der Waals surface area contributed by atoms with Crippen LogP contribution in [0.3, 0.4) is 0 Å². The van der Waals surface area contributed by atoms with Gasteiger partial charge in [0.15, 0.2) is 0 Å². The maximum absolute atomic E-state index is 13.3. The second kappa shape index (κ2) is 12.1. The summed E-state index contributed by atoms with van der Waals surface area (Å²) in [6.07, 6.45) is 1.45. The van der Waals surface area contributed by atoms with Crippen LogP contribution in [0.15, 0.2) is 96.6 Å². The van der Waals surface area contributed by atoms with E-state index >= 15 is 0 Å². The first-order valence-corrected chi connectivity index (χ1v) is 13.3. The summed E-state index contributed by atoms with van der Waals surface area (Å²) < 4.78 is 11.8. The molecule has 4 amide bonds. The lowest BCUT2D eigenvalue weighted by Gasteiger charge is -2.26. The zero-order valence-corrected chi connectivity index (χ0v) is 23.3. The van der Waals surface area contributed by atoms with Crippen LogP contribution in [-0.4, -0.2) is 17.8 Å². The Morgan fingerprint density at radius 1 is 0.780 bits per heavy atom. The van der Waals surface area contributed by atoms with Gasteiger partial charge in [0, 0.05) is 10.6 Å². The standard InChI is InChI=1S/C33H27ClN2O5/c1-21-14-22(2)16-24(15-21)19-40-28-8-5-6-23(17-28)18-29-31(37)35-33(39)36(32(29)38)26-10-12-27(13-11-26)41-20-25-7-3-4-9-30(25)34/h3-18H,19-20H2,1-2H3,(H,35,37,39)/b29-18-. The number of anilines is 1. The molecule has 1 aliphatic heterocycles. The molecule has 7 nitrogen and oxygen atoms in total. The van der Waals surface area contributed by atoms with Crippen molar-refractivity contribution in [1.29, 1.82) is 0 Å². The Labute approximate surface area is 243 Å². The predicted octanol–water partition coefficient (Wildman–Crippen LogP) is 6.78. The van der Waals surface area contributed by atoms with E-state index in [-0.39, 0.29) is 12.2 Å². The molecule has 4 aromatic rings. The van der Waals surface area contributed by atoms with E-state index in [0.29, 0.717) is 34.4 Å². The highest BCUT2D eigenvalue weighted by molar-refractivity contribution is 6.39. The number of hydrogen-bond acceptors (Lipinski definition) is 5. The number of urea groups is 1. The van der Waals surface area contributed by atoms with Crippen molar-refractivity contribution in [2.45, 2.75) is 27.1 Å². The van der Waals surface area contributed by atoms with Gasteiger partial charge in [0.05, 0.1) is 5.69 Å². The molecule has 0 aliphatic carbocycles. The van der Waals surface area contributed by atoms with E-state index in [9.17, 15) is 14.4 Å². The third kappa shape index (κ3) is 6.65. The predicted molar refractivity (Wildman–Crippen MR) is 158 cm³/mol. The molecule has 0 radical (unpaired) electrons. The van der Waals surface area contributed by atoms with E-state index < -0.39 is 17.8 Å². The average molecular weight is 567 g/mol. The minimum atomic E-state index is -0.826. The van der Waals surface area contributed by atoms with E-state index in [0.717, 1.165) is 27.2 Å². The van der Waals surface area contributed by atoms with Gasteiger partial charge in [-0.1, -0.05) is 71.3 Å². The molecule has 0 aromatic heterocycles. The van der Waals surface area contributed by atoms with Crippen LogP contribution in [0.4, 0.5) is 10.5 Å². The zero-order valence-electron chi connectivity index (χ0n) is 22.5. The van der Waals surface area contributed by atoms with Gasteiger partial charge in [-0.25, -0.2) is 9.69 Å². The Kier molecular flexibility index (Phi) is 8.17. The van der Waals surface area contributed by atoms with Crippen molar-refractivity contribution in [1.82, 2.24) is 5.32 Å². The van der Waals surface area contributed by atoms with E-state index in [4.69, 9.17) is 21.1 Å². The molecular weight excluding hydrogens is 540 g/mol. The molecular formula is C33H27ClN2O5. The molecule has 1 fully saturated rings. The normalized spacial score (nSPS) is 14.3. The second-order valence-electron chi connectivity index (χ2n) is 9.69. The Hall–Kier alpha value is -4.88. The third-order valence-electron chi connectivity index (χ3n) is 6.40. The number of ether oxygens (including phenoxy) is 2. The van der Waals surface area contributed by atoms with Crippen LogP contribution in [0.25, 0.3) is 6.08 Å². The third-order valence-corrected chi connectivity index (χ3v) is 6.77. The quantitative estimate of drug-likeness (QED) is 0.188. The summed E-state index contributed by atoms with van der Waals surface area (Å²) in [4.78, 5) is 39.6. The molecule has 1 saturated heterocycles. The van der Waals surface area contributed by atoms with Gasteiger partial charge in [0.2, 0.25) is 0 Å². The Morgan fingerprint density at radius 2 is 1.49 bits per heavy atom. The van der Waals surface area contributed by atoms with Crippen molar-refractivity contribution >= 4 is 41.2 Å². The smallest absolute Gasteiger partial charge is 0.335 e. The highest BCUT2D eigenvalue weighted by atomic mass is 35.5. The van der Waals surface area contributed by atoms with Crippen LogP contribution in [-0.2, 0) is 22.8 Å². The fraction of sp³-hybridized carbons (Fsp3) is 0.121. The van der Waals surface area contributed by atoms with E-state index in [1.165, 1.54) is 6.08 Å². The lowest BCUT2D eigenvalue weighted by molar-refractivity contribution is -0.122. The van der Waals surface area contributed by atoms with E-state index in [2.05, 4.69) is 23.5 Å². The van der Waals surface area contributed by atoms with Crippen LogP contribution in [0.5, 0.6) is 11.5 Å². The lowest BCUT2D eigenvalue weighted by Crippen LogP contribution is -2.54. The van der Waals surface area contributed by atoms with Crippen LogP contribution in [0, 0.1) is 13.8 Å². The van der Waals surface area contributed by atoms with Crippen molar-refractivity contribution < 1.29 is 23.9 Å². The number of nitrogens with zero attached hydrogens (tertiary/aromatic N) is 1. The SMILES string of the molecule is Cc1cc(C)cc(COc2cccc(/C=C3/C(=O)NC(=O)N(c4ccc(OCc5ccccc5Cl)cc4)C3=O)c2)c1. The maximum atomic E-state index is 13.3. The first-order valence-electron chi connectivity index (χ1n) is 12.9. The molecule has 1 heterocycles. The molecule has 1 aliphatic rings. The fourth-order valence-corrected chi connectivity index (χ4v) is 4.73. The topological polar surface area (TPSA) is 84.9 Å². The molecule has 5 rings (SSSR count). The van der Waals surface area contributed by atoms with E-state index in [1.54, 1.807) is 54.6 Å². The van der Waals surface area contributed by atoms with Gasteiger partial charge in [-0.3, -0.25) is 14.9 Å². The van der Waals surface area contributed by atoms with Gasteiger partial charge < -0.3 is 9.47 Å². The molecule has 1 N–H and O–H groups in total. The highest BCUT2D eigenvalue weighted by Gasteiger charge is 2.36. The largest absolute Gasteiger partial charge is 0.489 e. The van der Waals surface area contributed by atoms with Gasteiger partial charge in [0.1, 0.15) is 30.3 Å². The van der Waals surface area contributed by atoms with Crippen LogP contribution in [0.1, 0.15) is 27.8 Å². The molecule has 206 valence electrons. The number of aryl methyl sites for hydroxylation is 2. The van der Waals surface area contributed by atoms with Gasteiger partial charge >= 0.3 is 6.03 Å². The molecule has 0 unspecified atom stereocenters. The van der Waals surface area contributed by atoms with Crippen molar-refractivity contribution in [3.63, 3.8) is 0 Å². The number of barbiturate groups is 1. The number of imide groups is 2. The van der Waals surface area contributed by atoms with Crippen LogP contribution >= 0.6 is 11.6 Å². The fourth-order valence-electron chi connectivity index (χ4n) is 4.54. The van der Waals surface area contributed by atoms with Gasteiger partial charge in [-0.15, -0.1) is 0 Å². The number of carbonyl (C=O) groups excluding carboxylic acids is 3. The minimum Gasteiger partial charge on any atom is -0.489 e. The number of carbonyl (C=O) groups is 3. The van der Waals surface area contributed by atoms with Crippen LogP contribution in [0.2, 0.25) is 5.02 Å².